The lowest BCUT2D eigenvalue weighted by Gasteiger charge is -2.36. The maximum atomic E-state index is 12.7. The van der Waals surface area contributed by atoms with Crippen LogP contribution in [0.15, 0.2) is 95.4 Å². The number of amides is 2. The molecule has 38 heavy (non-hydrogen) atoms. The minimum atomic E-state index is -0.449. The van der Waals surface area contributed by atoms with Gasteiger partial charge in [0.1, 0.15) is 5.76 Å². The molecule has 5 rings (SSSR count). The maximum Gasteiger partial charge on any atom is 0.293 e. The summed E-state index contributed by atoms with van der Waals surface area (Å²) in [6, 6.07) is 27.7. The molecule has 2 amide bonds. The van der Waals surface area contributed by atoms with Gasteiger partial charge in [-0.25, -0.2) is 0 Å². The number of furan rings is 1. The summed E-state index contributed by atoms with van der Waals surface area (Å²) < 4.78 is 5.68. The third-order valence-electron chi connectivity index (χ3n) is 6.24. The quantitative estimate of drug-likeness (QED) is 0.314. The van der Waals surface area contributed by atoms with Gasteiger partial charge >= 0.3 is 0 Å². The number of benzene rings is 3. The first kappa shape index (κ1) is 25.5. The largest absolute Gasteiger partial charge is 0.451 e. The molecule has 4 aromatic rings. The van der Waals surface area contributed by atoms with Gasteiger partial charge < -0.3 is 19.5 Å². The first-order valence-electron chi connectivity index (χ1n) is 12.1. The van der Waals surface area contributed by atoms with E-state index < -0.39 is 5.91 Å². The van der Waals surface area contributed by atoms with Crippen LogP contribution in [0.4, 0.5) is 11.4 Å². The molecule has 2 N–H and O–H groups in total. The van der Waals surface area contributed by atoms with Crippen LogP contribution in [0.1, 0.15) is 20.9 Å². The molecule has 1 fully saturated rings. The number of carbonyl (C=O) groups is 2. The van der Waals surface area contributed by atoms with Crippen LogP contribution in [0, 0.1) is 0 Å². The monoisotopic (exact) mass is 544 g/mol. The van der Waals surface area contributed by atoms with Gasteiger partial charge in [0.05, 0.1) is 0 Å². The maximum absolute atomic E-state index is 12.7. The number of thiocarbonyl (C=S) groups is 1. The van der Waals surface area contributed by atoms with Crippen molar-refractivity contribution in [3.63, 3.8) is 0 Å². The van der Waals surface area contributed by atoms with E-state index in [2.05, 4.69) is 15.5 Å². The predicted molar refractivity (Wildman–Crippen MR) is 154 cm³/mol. The number of rotatable bonds is 5. The molecule has 0 saturated carbocycles. The van der Waals surface area contributed by atoms with Crippen LogP contribution in [-0.2, 0) is 0 Å². The first-order chi connectivity index (χ1) is 18.5. The number of anilines is 2. The molecule has 0 aliphatic carbocycles. The summed E-state index contributed by atoms with van der Waals surface area (Å²) in [6.45, 7) is 2.82. The highest BCUT2D eigenvalue weighted by Gasteiger charge is 2.22. The van der Waals surface area contributed by atoms with Crippen LogP contribution in [-0.4, -0.2) is 48.0 Å². The van der Waals surface area contributed by atoms with E-state index in [1.54, 1.807) is 24.3 Å². The summed E-state index contributed by atoms with van der Waals surface area (Å²) in [5.41, 5.74) is 3.30. The number of hydrogen-bond acceptors (Lipinski definition) is 5. The van der Waals surface area contributed by atoms with Gasteiger partial charge in [0.15, 0.2) is 10.9 Å². The molecule has 1 aromatic heterocycles. The van der Waals surface area contributed by atoms with E-state index in [1.165, 1.54) is 0 Å². The standard InChI is InChI=1S/C29H25ClN4O3S/c30-22-8-4-7-21(19-22)25-13-14-26(37-25)27(35)32-29(38)31-23-9-11-24(12-10-23)33-15-17-34(18-16-33)28(36)20-5-2-1-3-6-20/h1-14,19H,15-18H2,(H2,31,32,35,38). The summed E-state index contributed by atoms with van der Waals surface area (Å²) in [4.78, 5) is 29.4. The minimum absolute atomic E-state index is 0.0654. The molecule has 0 radical (unpaired) electrons. The molecule has 0 unspecified atom stereocenters. The van der Waals surface area contributed by atoms with Crippen molar-refractivity contribution < 1.29 is 14.0 Å². The Morgan fingerprint density at radius 3 is 2.29 bits per heavy atom. The molecular weight excluding hydrogens is 520 g/mol. The van der Waals surface area contributed by atoms with Crippen molar-refractivity contribution in [2.75, 3.05) is 36.4 Å². The van der Waals surface area contributed by atoms with Crippen LogP contribution >= 0.6 is 23.8 Å². The first-order valence-corrected chi connectivity index (χ1v) is 12.9. The van der Waals surface area contributed by atoms with E-state index in [9.17, 15) is 9.59 Å². The lowest BCUT2D eigenvalue weighted by Crippen LogP contribution is -2.48. The summed E-state index contributed by atoms with van der Waals surface area (Å²) in [7, 11) is 0. The van der Waals surface area contributed by atoms with E-state index in [0.29, 0.717) is 29.4 Å². The molecule has 9 heteroatoms. The molecule has 7 nitrogen and oxygen atoms in total. The smallest absolute Gasteiger partial charge is 0.293 e. The van der Waals surface area contributed by atoms with E-state index in [4.69, 9.17) is 28.2 Å². The highest BCUT2D eigenvalue weighted by atomic mass is 35.5. The number of nitrogens with one attached hydrogen (secondary N) is 2. The zero-order valence-corrected chi connectivity index (χ0v) is 22.0. The normalized spacial score (nSPS) is 13.2. The molecule has 3 aromatic carbocycles. The average molecular weight is 545 g/mol. The van der Waals surface area contributed by atoms with Crippen molar-refractivity contribution in [2.45, 2.75) is 0 Å². The molecule has 192 valence electrons. The van der Waals surface area contributed by atoms with Gasteiger partial charge in [0, 0.05) is 53.7 Å². The van der Waals surface area contributed by atoms with Crippen LogP contribution < -0.4 is 15.5 Å². The van der Waals surface area contributed by atoms with Crippen molar-refractivity contribution in [3.05, 3.63) is 107 Å². The van der Waals surface area contributed by atoms with E-state index in [-0.39, 0.29) is 16.8 Å². The van der Waals surface area contributed by atoms with Crippen molar-refractivity contribution in [3.8, 4) is 11.3 Å². The highest BCUT2D eigenvalue weighted by Crippen LogP contribution is 2.25. The Hall–Kier alpha value is -4.14. The fourth-order valence-electron chi connectivity index (χ4n) is 4.27. The Morgan fingerprint density at radius 2 is 1.58 bits per heavy atom. The molecule has 1 aliphatic heterocycles. The predicted octanol–water partition coefficient (Wildman–Crippen LogP) is 5.69. The van der Waals surface area contributed by atoms with Gasteiger partial charge in [-0.3, -0.25) is 14.9 Å². The Labute approximate surface area is 231 Å². The Bertz CT molecular complexity index is 1450. The van der Waals surface area contributed by atoms with E-state index in [0.717, 1.165) is 30.0 Å². The SMILES string of the molecule is O=C(NC(=S)Nc1ccc(N2CCN(C(=O)c3ccccc3)CC2)cc1)c1ccc(-c2cccc(Cl)c2)o1. The van der Waals surface area contributed by atoms with Crippen molar-refractivity contribution in [1.29, 1.82) is 0 Å². The number of piperazine rings is 1. The van der Waals surface area contributed by atoms with Crippen molar-refractivity contribution in [1.82, 2.24) is 10.2 Å². The number of halogens is 1. The summed E-state index contributed by atoms with van der Waals surface area (Å²) in [6.07, 6.45) is 0. The van der Waals surface area contributed by atoms with Crippen molar-refractivity contribution in [2.24, 2.45) is 0 Å². The second-order valence-corrected chi connectivity index (χ2v) is 9.62. The lowest BCUT2D eigenvalue weighted by atomic mass is 10.1. The molecule has 0 spiro atoms. The zero-order valence-electron chi connectivity index (χ0n) is 20.4. The Morgan fingerprint density at radius 1 is 0.842 bits per heavy atom. The minimum Gasteiger partial charge on any atom is -0.451 e. The van der Waals surface area contributed by atoms with E-state index in [1.807, 2.05) is 71.6 Å². The molecule has 1 saturated heterocycles. The Balaban J connectivity index is 1.12. The van der Waals surface area contributed by atoms with Crippen LogP contribution in [0.2, 0.25) is 5.02 Å². The lowest BCUT2D eigenvalue weighted by molar-refractivity contribution is 0.0746. The van der Waals surface area contributed by atoms with Gasteiger partial charge in [0.2, 0.25) is 0 Å². The third kappa shape index (κ3) is 6.04. The van der Waals surface area contributed by atoms with Gasteiger partial charge in [0.25, 0.3) is 11.8 Å². The zero-order chi connectivity index (χ0) is 26.5. The molecule has 1 aliphatic rings. The van der Waals surface area contributed by atoms with Gasteiger partial charge in [-0.2, -0.15) is 0 Å². The summed E-state index contributed by atoms with van der Waals surface area (Å²) in [5, 5.41) is 6.42. The fraction of sp³-hybridized carbons (Fsp3) is 0.138. The van der Waals surface area contributed by atoms with Crippen LogP contribution in [0.3, 0.4) is 0 Å². The van der Waals surface area contributed by atoms with E-state index >= 15 is 0 Å². The molecule has 0 atom stereocenters. The molecule has 2 heterocycles. The summed E-state index contributed by atoms with van der Waals surface area (Å²) in [5.74, 6) is 0.299. The second-order valence-electron chi connectivity index (χ2n) is 8.77. The topological polar surface area (TPSA) is 77.8 Å². The molecular formula is C29H25ClN4O3S. The highest BCUT2D eigenvalue weighted by molar-refractivity contribution is 7.80. The van der Waals surface area contributed by atoms with Crippen molar-refractivity contribution >= 4 is 52.1 Å². The van der Waals surface area contributed by atoms with Crippen LogP contribution in [0.25, 0.3) is 11.3 Å². The number of nitrogens with zero attached hydrogens (tertiary/aromatic N) is 2. The number of carbonyl (C=O) groups excluding carboxylic acids is 2. The summed E-state index contributed by atoms with van der Waals surface area (Å²) >= 11 is 11.4. The fourth-order valence-corrected chi connectivity index (χ4v) is 4.67. The van der Waals surface area contributed by atoms with Crippen LogP contribution in [0.5, 0.6) is 0 Å². The second kappa shape index (κ2) is 11.5. The Kier molecular flexibility index (Phi) is 7.72. The van der Waals surface area contributed by atoms with Gasteiger partial charge in [-0.05, 0) is 72.9 Å². The third-order valence-corrected chi connectivity index (χ3v) is 6.68. The van der Waals surface area contributed by atoms with Gasteiger partial charge in [-0.1, -0.05) is 41.9 Å². The average Bonchev–Trinajstić information content (AvgIpc) is 3.45. The van der Waals surface area contributed by atoms with Gasteiger partial charge in [-0.15, -0.1) is 0 Å². The number of hydrogen-bond donors (Lipinski definition) is 2. The molecule has 0 bridgehead atoms.